The molecule has 20 heavy (non-hydrogen) atoms. The highest BCUT2D eigenvalue weighted by molar-refractivity contribution is 5.95. The Morgan fingerprint density at radius 2 is 2.10 bits per heavy atom. The number of ether oxygens (including phenoxy) is 1. The van der Waals surface area contributed by atoms with Crippen molar-refractivity contribution >= 4 is 17.6 Å². The fourth-order valence-electron chi connectivity index (χ4n) is 1.34. The van der Waals surface area contributed by atoms with Gasteiger partial charge in [0, 0.05) is 20.7 Å². The first kappa shape index (κ1) is 15.8. The minimum atomic E-state index is -0.662. The number of nitrogens with zero attached hydrogens (tertiary/aromatic N) is 2. The van der Waals surface area contributed by atoms with Gasteiger partial charge >= 0.3 is 0 Å². The van der Waals surface area contributed by atoms with Gasteiger partial charge in [-0.1, -0.05) is 0 Å². The molecule has 1 heterocycles. The van der Waals surface area contributed by atoms with Gasteiger partial charge in [-0.3, -0.25) is 9.59 Å². The lowest BCUT2D eigenvalue weighted by Gasteiger charge is -2.13. The molecule has 3 N–H and O–H groups in total. The first-order chi connectivity index (χ1) is 9.58. The summed E-state index contributed by atoms with van der Waals surface area (Å²) in [7, 11) is 3.25. The van der Waals surface area contributed by atoms with Crippen LogP contribution < -0.4 is 16.0 Å². The van der Waals surface area contributed by atoms with Crippen LogP contribution in [0.25, 0.3) is 0 Å². The van der Waals surface area contributed by atoms with Crippen molar-refractivity contribution in [1.29, 1.82) is 0 Å². The second-order valence-corrected chi connectivity index (χ2v) is 4.02. The van der Waals surface area contributed by atoms with E-state index in [1.54, 1.807) is 21.1 Å². The summed E-state index contributed by atoms with van der Waals surface area (Å²) in [4.78, 5) is 31.4. The summed E-state index contributed by atoms with van der Waals surface area (Å²) in [5.41, 5.74) is 0.153. The van der Waals surface area contributed by atoms with Gasteiger partial charge in [0.2, 0.25) is 5.91 Å². The zero-order valence-electron chi connectivity index (χ0n) is 11.8. The van der Waals surface area contributed by atoms with Gasteiger partial charge < -0.3 is 20.7 Å². The number of aromatic nitrogens is 2. The van der Waals surface area contributed by atoms with Crippen LogP contribution in [0.1, 0.15) is 17.4 Å². The first-order valence-electron chi connectivity index (χ1n) is 6.15. The molecule has 0 saturated heterocycles. The molecule has 1 rings (SSSR count). The molecule has 0 aliphatic rings. The minimum Gasteiger partial charge on any atom is -0.383 e. The Morgan fingerprint density at radius 1 is 1.35 bits per heavy atom. The Balaban J connectivity index is 2.49. The normalized spacial score (nSPS) is 11.6. The van der Waals surface area contributed by atoms with Crippen LogP contribution in [-0.4, -0.2) is 55.1 Å². The average Bonchev–Trinajstić information content (AvgIpc) is 2.47. The topological polar surface area (TPSA) is 105 Å². The summed E-state index contributed by atoms with van der Waals surface area (Å²) in [5.74, 6) is -0.170. The third kappa shape index (κ3) is 4.81. The van der Waals surface area contributed by atoms with E-state index in [1.165, 1.54) is 12.4 Å². The number of methoxy groups -OCH3 is 1. The van der Waals surface area contributed by atoms with Gasteiger partial charge in [-0.05, 0) is 6.92 Å². The number of rotatable bonds is 7. The quantitative estimate of drug-likeness (QED) is 0.576. The number of hydrogen-bond donors (Lipinski definition) is 3. The van der Waals surface area contributed by atoms with E-state index in [4.69, 9.17) is 4.74 Å². The molecule has 0 bridgehead atoms. The molecule has 8 heteroatoms. The van der Waals surface area contributed by atoms with Crippen LogP contribution in [0.3, 0.4) is 0 Å². The number of hydrogen-bond acceptors (Lipinski definition) is 6. The summed E-state index contributed by atoms with van der Waals surface area (Å²) in [6.07, 6.45) is 2.79. The molecule has 0 aliphatic carbocycles. The number of carbonyl (C=O) groups is 2. The molecular weight excluding hydrogens is 262 g/mol. The van der Waals surface area contributed by atoms with Crippen LogP contribution in [0.15, 0.2) is 12.4 Å². The molecule has 1 unspecified atom stereocenters. The number of nitrogens with one attached hydrogen (secondary N) is 3. The van der Waals surface area contributed by atoms with E-state index in [-0.39, 0.29) is 11.6 Å². The molecule has 1 atom stereocenters. The predicted octanol–water partition coefficient (Wildman–Crippen LogP) is -0.601. The number of anilines is 1. The van der Waals surface area contributed by atoms with Crippen molar-refractivity contribution in [2.24, 2.45) is 0 Å². The van der Waals surface area contributed by atoms with Gasteiger partial charge in [0.05, 0.1) is 19.0 Å². The van der Waals surface area contributed by atoms with Crippen molar-refractivity contribution in [3.63, 3.8) is 0 Å². The lowest BCUT2D eigenvalue weighted by Crippen LogP contribution is -2.45. The molecule has 0 spiro atoms. The van der Waals surface area contributed by atoms with E-state index in [0.717, 1.165) is 0 Å². The fraction of sp³-hybridized carbons (Fsp3) is 0.500. The van der Waals surface area contributed by atoms with Crippen molar-refractivity contribution in [3.05, 3.63) is 18.1 Å². The highest BCUT2D eigenvalue weighted by atomic mass is 16.5. The second kappa shape index (κ2) is 8.05. The third-order valence-corrected chi connectivity index (χ3v) is 2.49. The molecule has 110 valence electrons. The smallest absolute Gasteiger partial charge is 0.272 e. The molecule has 1 aromatic rings. The van der Waals surface area contributed by atoms with Gasteiger partial charge in [-0.25, -0.2) is 9.97 Å². The summed E-state index contributed by atoms with van der Waals surface area (Å²) >= 11 is 0. The average molecular weight is 281 g/mol. The summed E-state index contributed by atoms with van der Waals surface area (Å²) < 4.78 is 4.82. The van der Waals surface area contributed by atoms with E-state index in [1.807, 2.05) is 0 Å². The lowest BCUT2D eigenvalue weighted by atomic mass is 10.3. The Morgan fingerprint density at radius 3 is 2.65 bits per heavy atom. The molecule has 1 aromatic heterocycles. The maximum atomic E-state index is 11.9. The van der Waals surface area contributed by atoms with Crippen LogP contribution in [0.5, 0.6) is 0 Å². The summed E-state index contributed by atoms with van der Waals surface area (Å²) in [6.45, 7) is 2.41. The van der Waals surface area contributed by atoms with Gasteiger partial charge in [0.25, 0.3) is 5.91 Å². The van der Waals surface area contributed by atoms with Crippen LogP contribution in [0.2, 0.25) is 0 Å². The van der Waals surface area contributed by atoms with Gasteiger partial charge in [0.1, 0.15) is 17.6 Å². The van der Waals surface area contributed by atoms with Gasteiger partial charge in [-0.15, -0.1) is 0 Å². The molecule has 0 aromatic carbocycles. The van der Waals surface area contributed by atoms with Gasteiger partial charge in [0.15, 0.2) is 0 Å². The SMILES string of the molecule is CNc1cnc(C(=O)NC(C)C(=O)NCCOC)cn1. The molecule has 0 fully saturated rings. The molecule has 2 amide bonds. The van der Waals surface area contributed by atoms with Crippen LogP contribution in [-0.2, 0) is 9.53 Å². The highest BCUT2D eigenvalue weighted by Gasteiger charge is 2.17. The maximum absolute atomic E-state index is 11.9. The summed E-state index contributed by atoms with van der Waals surface area (Å²) in [5, 5.41) is 7.98. The van der Waals surface area contributed by atoms with Gasteiger partial charge in [-0.2, -0.15) is 0 Å². The van der Waals surface area contributed by atoms with Crippen LogP contribution in [0.4, 0.5) is 5.82 Å². The van der Waals surface area contributed by atoms with Crippen molar-refractivity contribution in [1.82, 2.24) is 20.6 Å². The van der Waals surface area contributed by atoms with Crippen LogP contribution >= 0.6 is 0 Å². The summed E-state index contributed by atoms with van der Waals surface area (Å²) in [6, 6.07) is -0.662. The Kier molecular flexibility index (Phi) is 6.38. The minimum absolute atomic E-state index is 0.153. The van der Waals surface area contributed by atoms with E-state index in [9.17, 15) is 9.59 Å². The maximum Gasteiger partial charge on any atom is 0.272 e. The standard InChI is InChI=1S/C12H19N5O3/c1-8(11(18)14-4-5-20-3)17-12(19)9-6-16-10(13-2)7-15-9/h6-8H,4-5H2,1-3H3,(H,13,16)(H,14,18)(H,17,19). The number of amides is 2. The third-order valence-electron chi connectivity index (χ3n) is 2.49. The Bertz CT molecular complexity index is 449. The first-order valence-corrected chi connectivity index (χ1v) is 6.15. The monoisotopic (exact) mass is 281 g/mol. The van der Waals surface area contributed by atoms with E-state index < -0.39 is 11.9 Å². The van der Waals surface area contributed by atoms with Crippen molar-refractivity contribution < 1.29 is 14.3 Å². The van der Waals surface area contributed by atoms with Crippen molar-refractivity contribution in [2.45, 2.75) is 13.0 Å². The fourth-order valence-corrected chi connectivity index (χ4v) is 1.34. The molecular formula is C12H19N5O3. The van der Waals surface area contributed by atoms with Crippen molar-refractivity contribution in [2.75, 3.05) is 32.6 Å². The number of carbonyl (C=O) groups excluding carboxylic acids is 2. The predicted molar refractivity (Wildman–Crippen MR) is 73.4 cm³/mol. The second-order valence-electron chi connectivity index (χ2n) is 4.02. The molecule has 0 aliphatic heterocycles. The van der Waals surface area contributed by atoms with E-state index in [2.05, 4.69) is 25.9 Å². The van der Waals surface area contributed by atoms with E-state index in [0.29, 0.717) is 19.0 Å². The molecule has 0 radical (unpaired) electrons. The molecule has 8 nitrogen and oxygen atoms in total. The van der Waals surface area contributed by atoms with Crippen LogP contribution in [0, 0.1) is 0 Å². The zero-order valence-corrected chi connectivity index (χ0v) is 11.8. The lowest BCUT2D eigenvalue weighted by molar-refractivity contribution is -0.122. The Hall–Kier alpha value is -2.22. The zero-order chi connectivity index (χ0) is 15.0. The highest BCUT2D eigenvalue weighted by Crippen LogP contribution is 1.99. The van der Waals surface area contributed by atoms with E-state index >= 15 is 0 Å². The Labute approximate surface area is 117 Å². The molecule has 0 saturated carbocycles. The largest absolute Gasteiger partial charge is 0.383 e. The van der Waals surface area contributed by atoms with Crippen molar-refractivity contribution in [3.8, 4) is 0 Å².